The van der Waals surface area contributed by atoms with Gasteiger partial charge in [-0.1, -0.05) is 18.2 Å². The summed E-state index contributed by atoms with van der Waals surface area (Å²) in [5.74, 6) is 0. The second-order valence-corrected chi connectivity index (χ2v) is 4.94. The van der Waals surface area contributed by atoms with E-state index >= 15 is 0 Å². The van der Waals surface area contributed by atoms with E-state index in [-0.39, 0.29) is 0 Å². The first kappa shape index (κ1) is 10.3. The molecule has 4 heteroatoms. The normalized spacial score (nSPS) is 12.1. The monoisotopic (exact) mass is 214 g/mol. The molecule has 0 saturated carbocycles. The van der Waals surface area contributed by atoms with Crippen molar-refractivity contribution < 1.29 is 8.42 Å². The minimum atomic E-state index is -3.22. The van der Waals surface area contributed by atoms with Crippen molar-refractivity contribution in [2.45, 2.75) is 4.90 Å². The molecule has 0 heterocycles. The highest BCUT2D eigenvalue weighted by Gasteiger charge is 2.07. The van der Waals surface area contributed by atoms with Gasteiger partial charge in [0.25, 0.3) is 0 Å². The van der Waals surface area contributed by atoms with Gasteiger partial charge in [0.2, 0.25) is 0 Å². The second kappa shape index (κ2) is 4.48. The number of sulfone groups is 1. The van der Waals surface area contributed by atoms with Crippen molar-refractivity contribution in [3.8, 4) is 0 Å². The predicted molar refractivity (Wildman–Crippen MR) is 56.3 cm³/mol. The van der Waals surface area contributed by atoms with Crippen LogP contribution in [0.15, 0.2) is 46.0 Å². The molecule has 0 N–H and O–H groups in total. The molecule has 0 fully saturated rings. The van der Waals surface area contributed by atoms with Crippen molar-refractivity contribution in [1.82, 2.24) is 0 Å². The maximum atomic E-state index is 11.5. The average Bonchev–Trinajstić information content (AvgIpc) is 2.16. The van der Waals surface area contributed by atoms with Crippen LogP contribution in [0.3, 0.4) is 0 Å². The molecule has 0 aliphatic heterocycles. The molecule has 70 valence electrons. The lowest BCUT2D eigenvalue weighted by Crippen LogP contribution is -1.94. The second-order valence-electron chi connectivity index (χ2n) is 2.37. The molecule has 2 nitrogen and oxygen atoms in total. The lowest BCUT2D eigenvalue weighted by molar-refractivity contribution is 0.604. The summed E-state index contributed by atoms with van der Waals surface area (Å²) in [5.41, 5.74) is 0. The van der Waals surface area contributed by atoms with Gasteiger partial charge in [0.05, 0.1) is 4.90 Å². The summed E-state index contributed by atoms with van der Waals surface area (Å²) < 4.78 is 23.0. The third kappa shape index (κ3) is 2.90. The van der Waals surface area contributed by atoms with Crippen molar-refractivity contribution in [3.05, 3.63) is 41.1 Å². The van der Waals surface area contributed by atoms with Crippen molar-refractivity contribution >= 4 is 21.6 Å². The summed E-state index contributed by atoms with van der Waals surface area (Å²) in [4.78, 5) is 0.334. The zero-order valence-electron chi connectivity index (χ0n) is 7.17. The van der Waals surface area contributed by atoms with Gasteiger partial charge in [-0.15, -0.1) is 11.8 Å². The minimum absolute atomic E-state index is 0.334. The van der Waals surface area contributed by atoms with Gasteiger partial charge in [0.1, 0.15) is 0 Å². The number of thioether (sulfide) groups is 1. The Balaban J connectivity index is 3.02. The highest BCUT2D eigenvalue weighted by molar-refractivity contribution is 8.02. The molecule has 13 heavy (non-hydrogen) atoms. The molecule has 0 unspecified atom stereocenters. The van der Waals surface area contributed by atoms with E-state index in [0.717, 1.165) is 0 Å². The lowest BCUT2D eigenvalue weighted by Gasteiger charge is -1.96. The van der Waals surface area contributed by atoms with Crippen LogP contribution >= 0.6 is 11.8 Å². The first-order valence-electron chi connectivity index (χ1n) is 3.66. The first-order chi connectivity index (χ1) is 6.17. The maximum absolute atomic E-state index is 11.5. The van der Waals surface area contributed by atoms with Gasteiger partial charge in [0, 0.05) is 5.41 Å². The Labute approximate surface area is 82.6 Å². The molecule has 1 aromatic rings. The highest BCUT2D eigenvalue weighted by atomic mass is 32.2. The fraction of sp³-hybridized carbons (Fsp3) is 0.111. The molecule has 0 radical (unpaired) electrons. The molecule has 1 rings (SSSR count). The molecular weight excluding hydrogens is 204 g/mol. The summed E-state index contributed by atoms with van der Waals surface area (Å²) in [6, 6.07) is 8.37. The van der Waals surface area contributed by atoms with E-state index in [1.807, 2.05) is 6.26 Å². The Morgan fingerprint density at radius 3 is 2.38 bits per heavy atom. The predicted octanol–water partition coefficient (Wildman–Crippen LogP) is 2.29. The molecule has 0 aliphatic carbocycles. The van der Waals surface area contributed by atoms with Crippen LogP contribution in [0.4, 0.5) is 0 Å². The SMILES string of the molecule is CS/C=C/S(=O)(=O)c1ccccc1. The number of rotatable bonds is 3. The molecule has 1 aromatic carbocycles. The van der Waals surface area contributed by atoms with Gasteiger partial charge in [-0.25, -0.2) is 8.42 Å². The van der Waals surface area contributed by atoms with E-state index in [9.17, 15) is 8.42 Å². The molecule has 0 bridgehead atoms. The Hall–Kier alpha value is -0.740. The summed E-state index contributed by atoms with van der Waals surface area (Å²) in [5, 5.41) is 2.77. The number of benzene rings is 1. The van der Waals surface area contributed by atoms with Gasteiger partial charge in [-0.3, -0.25) is 0 Å². The topological polar surface area (TPSA) is 34.1 Å². The van der Waals surface area contributed by atoms with Crippen LogP contribution in [0.5, 0.6) is 0 Å². The standard InChI is InChI=1S/C9H10O2S2/c1-12-7-8-13(10,11)9-5-3-2-4-6-9/h2-8H,1H3/b8-7+. The first-order valence-corrected chi connectivity index (χ1v) is 6.50. The number of hydrogen-bond donors (Lipinski definition) is 0. The van der Waals surface area contributed by atoms with Crippen LogP contribution in [-0.4, -0.2) is 14.7 Å². The van der Waals surface area contributed by atoms with Crippen LogP contribution < -0.4 is 0 Å². The van der Waals surface area contributed by atoms with E-state index in [4.69, 9.17) is 0 Å². The van der Waals surface area contributed by atoms with Crippen molar-refractivity contribution in [2.75, 3.05) is 6.26 Å². The van der Waals surface area contributed by atoms with E-state index in [1.54, 1.807) is 35.7 Å². The molecule has 0 amide bonds. The Kier molecular flexibility index (Phi) is 3.57. The third-order valence-corrected chi connectivity index (χ3v) is 3.45. The summed E-state index contributed by atoms with van der Waals surface area (Å²) in [6.45, 7) is 0. The summed E-state index contributed by atoms with van der Waals surface area (Å²) in [6.07, 6.45) is 1.82. The molecule has 0 aromatic heterocycles. The highest BCUT2D eigenvalue weighted by Crippen LogP contribution is 2.12. The van der Waals surface area contributed by atoms with Crippen LogP contribution in [0, 0.1) is 0 Å². The van der Waals surface area contributed by atoms with Crippen molar-refractivity contribution in [1.29, 1.82) is 0 Å². The van der Waals surface area contributed by atoms with Gasteiger partial charge >= 0.3 is 0 Å². The van der Waals surface area contributed by atoms with Gasteiger partial charge in [-0.05, 0) is 23.8 Å². The van der Waals surface area contributed by atoms with Crippen LogP contribution in [0.1, 0.15) is 0 Å². The maximum Gasteiger partial charge on any atom is 0.200 e. The van der Waals surface area contributed by atoms with E-state index in [2.05, 4.69) is 0 Å². The van der Waals surface area contributed by atoms with Gasteiger partial charge in [0.15, 0.2) is 9.84 Å². The fourth-order valence-corrected chi connectivity index (χ4v) is 2.54. The van der Waals surface area contributed by atoms with Crippen LogP contribution in [-0.2, 0) is 9.84 Å². The summed E-state index contributed by atoms with van der Waals surface area (Å²) in [7, 11) is -3.22. The molecule has 0 atom stereocenters. The zero-order valence-corrected chi connectivity index (χ0v) is 8.81. The molecule has 0 spiro atoms. The minimum Gasteiger partial charge on any atom is -0.219 e. The number of hydrogen-bond acceptors (Lipinski definition) is 3. The zero-order chi connectivity index (χ0) is 9.73. The third-order valence-electron chi connectivity index (χ3n) is 1.44. The smallest absolute Gasteiger partial charge is 0.200 e. The van der Waals surface area contributed by atoms with E-state index < -0.39 is 9.84 Å². The Morgan fingerprint density at radius 2 is 1.85 bits per heavy atom. The van der Waals surface area contributed by atoms with E-state index in [0.29, 0.717) is 4.90 Å². The quantitative estimate of drug-likeness (QED) is 0.774. The van der Waals surface area contributed by atoms with Gasteiger partial charge < -0.3 is 0 Å². The van der Waals surface area contributed by atoms with Crippen molar-refractivity contribution in [2.24, 2.45) is 0 Å². The van der Waals surface area contributed by atoms with E-state index in [1.165, 1.54) is 17.2 Å². The van der Waals surface area contributed by atoms with Crippen molar-refractivity contribution in [3.63, 3.8) is 0 Å². The van der Waals surface area contributed by atoms with Crippen LogP contribution in [0.25, 0.3) is 0 Å². The summed E-state index contributed by atoms with van der Waals surface area (Å²) >= 11 is 1.36. The Bertz CT molecular complexity index is 379. The van der Waals surface area contributed by atoms with Crippen LogP contribution in [0.2, 0.25) is 0 Å². The molecular formula is C9H10O2S2. The fourth-order valence-electron chi connectivity index (χ4n) is 0.817. The average molecular weight is 214 g/mol. The largest absolute Gasteiger partial charge is 0.219 e. The molecule has 0 aliphatic rings. The molecule has 0 saturated heterocycles. The lowest BCUT2D eigenvalue weighted by atomic mass is 10.4. The Morgan fingerprint density at radius 1 is 1.23 bits per heavy atom. The van der Waals surface area contributed by atoms with Gasteiger partial charge in [-0.2, -0.15) is 0 Å².